The number of rotatable bonds is 1. The molecule has 120 valence electrons. The summed E-state index contributed by atoms with van der Waals surface area (Å²) in [7, 11) is 0. The Labute approximate surface area is 129 Å². The molecule has 4 aliphatic rings. The van der Waals surface area contributed by atoms with Crippen molar-refractivity contribution in [1.29, 1.82) is 0 Å². The Hall–Kier alpha value is -2.18. The first-order chi connectivity index (χ1) is 10.9. The highest BCUT2D eigenvalue weighted by Gasteiger charge is 2.61. The maximum atomic E-state index is 14.0. The molecule has 1 heterocycles. The van der Waals surface area contributed by atoms with E-state index in [2.05, 4.69) is 0 Å². The van der Waals surface area contributed by atoms with Gasteiger partial charge in [-0.1, -0.05) is 0 Å². The summed E-state index contributed by atoms with van der Waals surface area (Å²) in [6.07, 6.45) is 1.46. The number of nitrogens with zero attached hydrogens (tertiary/aromatic N) is 1. The Morgan fingerprint density at radius 2 is 1.61 bits per heavy atom. The fraction of sp³-hybridized carbons (Fsp3) is 0.438. The lowest BCUT2D eigenvalue weighted by Gasteiger charge is -2.41. The van der Waals surface area contributed by atoms with Gasteiger partial charge in [0.1, 0.15) is 5.78 Å². The van der Waals surface area contributed by atoms with Gasteiger partial charge in [0, 0.05) is 12.3 Å². The lowest BCUT2D eigenvalue weighted by atomic mass is 9.59. The van der Waals surface area contributed by atoms with Crippen molar-refractivity contribution in [3.8, 4) is 0 Å². The Morgan fingerprint density at radius 3 is 2.30 bits per heavy atom. The van der Waals surface area contributed by atoms with Crippen LogP contribution in [0, 0.1) is 41.1 Å². The second-order valence-corrected chi connectivity index (χ2v) is 6.37. The van der Waals surface area contributed by atoms with Gasteiger partial charge in [-0.25, -0.2) is 18.1 Å². The molecule has 0 unspecified atom stereocenters. The van der Waals surface area contributed by atoms with Crippen molar-refractivity contribution in [2.75, 3.05) is 4.90 Å². The number of hydrogen-bond donors (Lipinski definition) is 0. The van der Waals surface area contributed by atoms with Crippen LogP contribution in [0.15, 0.2) is 12.1 Å². The molecule has 0 N–H and O–H groups in total. The van der Waals surface area contributed by atoms with Gasteiger partial charge in [0.2, 0.25) is 11.8 Å². The second-order valence-electron chi connectivity index (χ2n) is 6.37. The Kier molecular flexibility index (Phi) is 2.92. The first-order valence-electron chi connectivity index (χ1n) is 7.46. The zero-order valence-corrected chi connectivity index (χ0v) is 11.9. The van der Waals surface area contributed by atoms with Crippen molar-refractivity contribution in [1.82, 2.24) is 0 Å². The van der Waals surface area contributed by atoms with E-state index in [4.69, 9.17) is 0 Å². The lowest BCUT2D eigenvalue weighted by molar-refractivity contribution is -0.143. The normalized spacial score (nSPS) is 32.7. The Bertz CT molecular complexity index is 763. The van der Waals surface area contributed by atoms with Crippen LogP contribution in [-0.4, -0.2) is 17.6 Å². The highest BCUT2D eigenvalue weighted by Crippen LogP contribution is 2.52. The molecule has 2 amide bonds. The van der Waals surface area contributed by atoms with Gasteiger partial charge in [0.25, 0.3) is 0 Å². The van der Waals surface area contributed by atoms with Gasteiger partial charge < -0.3 is 0 Å². The third kappa shape index (κ3) is 1.76. The van der Waals surface area contributed by atoms with Crippen molar-refractivity contribution in [3.05, 3.63) is 29.6 Å². The predicted molar refractivity (Wildman–Crippen MR) is 71.6 cm³/mol. The van der Waals surface area contributed by atoms with Gasteiger partial charge in [-0.3, -0.25) is 14.4 Å². The summed E-state index contributed by atoms with van der Waals surface area (Å²) in [5.41, 5.74) is -0.583. The van der Waals surface area contributed by atoms with Gasteiger partial charge in [-0.15, -0.1) is 0 Å². The monoisotopic (exact) mass is 323 g/mol. The summed E-state index contributed by atoms with van der Waals surface area (Å²) in [5.74, 6) is -8.25. The summed E-state index contributed by atoms with van der Waals surface area (Å²) in [6, 6.07) is 1.56. The zero-order valence-electron chi connectivity index (χ0n) is 11.9. The van der Waals surface area contributed by atoms with Crippen LogP contribution >= 0.6 is 0 Å². The molecule has 1 aliphatic heterocycles. The molecule has 0 radical (unpaired) electrons. The topological polar surface area (TPSA) is 54.5 Å². The van der Waals surface area contributed by atoms with Gasteiger partial charge in [0.05, 0.1) is 17.5 Å². The minimum Gasteiger partial charge on any atom is -0.299 e. The van der Waals surface area contributed by atoms with Crippen LogP contribution in [0.1, 0.15) is 19.3 Å². The molecule has 3 saturated carbocycles. The minimum atomic E-state index is -1.72. The second kappa shape index (κ2) is 4.66. The molecule has 4 fully saturated rings. The number of carbonyl (C=O) groups is 3. The van der Waals surface area contributed by atoms with Crippen molar-refractivity contribution < 1.29 is 27.6 Å². The Morgan fingerprint density at radius 1 is 0.913 bits per heavy atom. The third-order valence-corrected chi connectivity index (χ3v) is 5.32. The van der Waals surface area contributed by atoms with E-state index in [1.54, 1.807) is 0 Å². The summed E-state index contributed by atoms with van der Waals surface area (Å²) >= 11 is 0. The molecular weight excluding hydrogens is 311 g/mol. The third-order valence-electron chi connectivity index (χ3n) is 5.32. The van der Waals surface area contributed by atoms with Crippen LogP contribution in [0.25, 0.3) is 0 Å². The standard InChI is InChI=1S/C16H12F3NO3/c17-8-3-4-9(14(19)13(8)18)20-15(22)11-6-1-2-7(10(21)5-6)12(11)16(20)23/h3-4,6-7,11-12H,1-2,5H2/t6-,7+,11+,12-/m1/s1. The summed E-state index contributed by atoms with van der Waals surface area (Å²) in [4.78, 5) is 37.8. The van der Waals surface area contributed by atoms with E-state index in [1.807, 2.05) is 0 Å². The molecule has 0 aromatic heterocycles. The van der Waals surface area contributed by atoms with E-state index in [0.717, 1.165) is 6.07 Å². The fourth-order valence-electron chi connectivity index (χ4n) is 4.31. The fourth-order valence-corrected chi connectivity index (χ4v) is 4.31. The van der Waals surface area contributed by atoms with E-state index in [-0.39, 0.29) is 18.1 Å². The van der Waals surface area contributed by atoms with E-state index < -0.39 is 52.7 Å². The first-order valence-corrected chi connectivity index (χ1v) is 7.46. The quantitative estimate of drug-likeness (QED) is 0.588. The average molecular weight is 323 g/mol. The number of amides is 2. The molecule has 3 aliphatic carbocycles. The molecule has 1 saturated heterocycles. The van der Waals surface area contributed by atoms with E-state index in [0.29, 0.717) is 23.8 Å². The number of benzene rings is 1. The largest absolute Gasteiger partial charge is 0.299 e. The highest BCUT2D eigenvalue weighted by atomic mass is 19.2. The number of anilines is 1. The van der Waals surface area contributed by atoms with Crippen molar-refractivity contribution >= 4 is 23.3 Å². The van der Waals surface area contributed by atoms with Crippen molar-refractivity contribution in [3.63, 3.8) is 0 Å². The summed E-state index contributed by atoms with van der Waals surface area (Å²) in [5, 5.41) is 0. The number of halogens is 3. The maximum Gasteiger partial charge on any atom is 0.238 e. The van der Waals surface area contributed by atoms with Gasteiger partial charge in [-0.2, -0.15) is 0 Å². The van der Waals surface area contributed by atoms with Crippen molar-refractivity contribution in [2.24, 2.45) is 23.7 Å². The van der Waals surface area contributed by atoms with Crippen molar-refractivity contribution in [2.45, 2.75) is 19.3 Å². The van der Waals surface area contributed by atoms with Crippen LogP contribution < -0.4 is 4.90 Å². The van der Waals surface area contributed by atoms with Gasteiger partial charge >= 0.3 is 0 Å². The van der Waals surface area contributed by atoms with E-state index in [1.165, 1.54) is 0 Å². The zero-order chi connectivity index (χ0) is 16.5. The number of carbonyl (C=O) groups excluding carboxylic acids is 3. The summed E-state index contributed by atoms with van der Waals surface area (Å²) < 4.78 is 40.5. The van der Waals surface area contributed by atoms with E-state index in [9.17, 15) is 27.6 Å². The van der Waals surface area contributed by atoms with Gasteiger partial charge in [-0.05, 0) is 30.9 Å². The molecule has 0 spiro atoms. The van der Waals surface area contributed by atoms with Gasteiger partial charge in [0.15, 0.2) is 17.5 Å². The molecule has 1 aromatic carbocycles. The van der Waals surface area contributed by atoms with Crippen LogP contribution in [0.4, 0.5) is 18.9 Å². The molecule has 1 aromatic rings. The number of hydrogen-bond acceptors (Lipinski definition) is 3. The first kappa shape index (κ1) is 14.4. The highest BCUT2D eigenvalue weighted by molar-refractivity contribution is 6.23. The maximum absolute atomic E-state index is 14.0. The number of Topliss-reactive ketones (excluding diaryl/α,β-unsaturated/α-hetero) is 1. The number of fused-ring (bicyclic) bond motifs is 2. The molecule has 5 rings (SSSR count). The van der Waals surface area contributed by atoms with E-state index >= 15 is 0 Å². The Balaban J connectivity index is 1.80. The molecule has 23 heavy (non-hydrogen) atoms. The van der Waals surface area contributed by atoms with Crippen LogP contribution in [0.3, 0.4) is 0 Å². The summed E-state index contributed by atoms with van der Waals surface area (Å²) in [6.45, 7) is 0. The lowest BCUT2D eigenvalue weighted by Crippen LogP contribution is -2.46. The SMILES string of the molecule is O=C1C[C@H]2CC[C@@H]1[C@H]1C(=O)N(c3ccc(F)c(F)c3F)C(=O)[C@@H]21. The molecule has 4 nitrogen and oxygen atoms in total. The van der Waals surface area contributed by atoms with Crippen LogP contribution in [0.2, 0.25) is 0 Å². The molecule has 7 heteroatoms. The molecular formula is C16H12F3NO3. The van der Waals surface area contributed by atoms with Crippen LogP contribution in [0.5, 0.6) is 0 Å². The van der Waals surface area contributed by atoms with Crippen LogP contribution in [-0.2, 0) is 14.4 Å². The predicted octanol–water partition coefficient (Wildman–Crippen LogP) is 2.21. The average Bonchev–Trinajstić information content (AvgIpc) is 2.80. The minimum absolute atomic E-state index is 0.0451. The molecule has 2 bridgehead atoms. The smallest absolute Gasteiger partial charge is 0.238 e. The number of ketones is 1. The molecule has 4 atom stereocenters. The number of imide groups is 1.